The van der Waals surface area contributed by atoms with Crippen molar-refractivity contribution in [3.8, 4) is 0 Å². The lowest BCUT2D eigenvalue weighted by Crippen LogP contribution is -2.48. The van der Waals surface area contributed by atoms with Crippen LogP contribution in [-0.2, 0) is 9.84 Å². The van der Waals surface area contributed by atoms with E-state index < -0.39 is 14.6 Å². The maximum atomic E-state index is 12.2. The number of nitrogens with one attached hydrogen (secondary N) is 1. The second-order valence-corrected chi connectivity index (χ2v) is 10.8. The van der Waals surface area contributed by atoms with E-state index in [-0.39, 0.29) is 5.75 Å². The summed E-state index contributed by atoms with van der Waals surface area (Å²) in [6.45, 7) is 12.5. The first-order valence-corrected chi connectivity index (χ1v) is 10.8. The van der Waals surface area contributed by atoms with E-state index in [4.69, 9.17) is 0 Å². The third kappa shape index (κ3) is 5.65. The number of hydrogen-bond acceptors (Lipinski definition) is 4. The van der Waals surface area contributed by atoms with Crippen molar-refractivity contribution in [2.45, 2.75) is 51.0 Å². The molecule has 1 heterocycles. The molecule has 7 heteroatoms. The first kappa shape index (κ1) is 19.6. The van der Waals surface area contributed by atoms with Crippen molar-refractivity contribution in [3.63, 3.8) is 0 Å². The molecule has 0 radical (unpaired) electrons. The number of rotatable bonds is 5. The van der Waals surface area contributed by atoms with Gasteiger partial charge in [-0.3, -0.25) is 4.99 Å². The van der Waals surface area contributed by atoms with Crippen molar-refractivity contribution >= 4 is 27.6 Å². The lowest BCUT2D eigenvalue weighted by molar-refractivity contribution is 0.408. The molecule has 1 aliphatic rings. The van der Waals surface area contributed by atoms with Gasteiger partial charge in [-0.25, -0.2) is 8.42 Å². The Morgan fingerprint density at radius 3 is 2.59 bits per heavy atom. The molecule has 1 rings (SSSR count). The fraction of sp³-hybridized carbons (Fsp3) is 0.933. The lowest BCUT2D eigenvalue weighted by Gasteiger charge is -2.34. The van der Waals surface area contributed by atoms with Gasteiger partial charge in [0, 0.05) is 30.6 Å². The van der Waals surface area contributed by atoms with Crippen molar-refractivity contribution in [2.24, 2.45) is 4.99 Å². The van der Waals surface area contributed by atoms with Crippen LogP contribution in [0.1, 0.15) is 41.0 Å². The Labute approximate surface area is 140 Å². The molecule has 1 aliphatic heterocycles. The Morgan fingerprint density at radius 1 is 1.36 bits per heavy atom. The molecule has 5 nitrogen and oxygen atoms in total. The van der Waals surface area contributed by atoms with Crippen LogP contribution in [0.2, 0.25) is 0 Å². The Bertz CT molecular complexity index is 470. The molecular weight excluding hydrogens is 318 g/mol. The Hall–Kier alpha value is -0.430. The molecule has 1 atom stereocenters. The fourth-order valence-corrected chi connectivity index (χ4v) is 4.29. The van der Waals surface area contributed by atoms with Crippen molar-refractivity contribution in [3.05, 3.63) is 0 Å². The van der Waals surface area contributed by atoms with E-state index in [2.05, 4.69) is 22.1 Å². The van der Waals surface area contributed by atoms with Crippen molar-refractivity contribution < 1.29 is 8.42 Å². The van der Waals surface area contributed by atoms with E-state index >= 15 is 0 Å². The zero-order chi connectivity index (χ0) is 16.8. The molecule has 0 spiro atoms. The summed E-state index contributed by atoms with van der Waals surface area (Å²) in [5.74, 6) is 2.05. The Morgan fingerprint density at radius 2 is 2.05 bits per heavy atom. The molecule has 1 unspecified atom stereocenters. The van der Waals surface area contributed by atoms with Gasteiger partial charge in [0.2, 0.25) is 0 Å². The van der Waals surface area contributed by atoms with Crippen LogP contribution in [0.5, 0.6) is 0 Å². The highest BCUT2D eigenvalue weighted by Gasteiger charge is 2.28. The van der Waals surface area contributed by atoms with Gasteiger partial charge in [-0.05, 0) is 34.1 Å². The molecule has 1 saturated heterocycles. The summed E-state index contributed by atoms with van der Waals surface area (Å²) in [7, 11) is -3.11. The molecule has 0 aliphatic carbocycles. The van der Waals surface area contributed by atoms with Gasteiger partial charge in [-0.15, -0.1) is 0 Å². The van der Waals surface area contributed by atoms with E-state index in [9.17, 15) is 8.42 Å². The van der Waals surface area contributed by atoms with Crippen LogP contribution in [0, 0.1) is 0 Å². The maximum Gasteiger partial charge on any atom is 0.194 e. The van der Waals surface area contributed by atoms with Gasteiger partial charge in [0.1, 0.15) is 0 Å². The normalized spacial score (nSPS) is 21.0. The topological polar surface area (TPSA) is 61.8 Å². The standard InChI is InChI=1S/C15H31N3O2S2/c1-6-13-12-18(9-10-21-13)14(16-7-2)17-8-11-22(19,20)15(3,4)5/h13H,6-12H2,1-5H3,(H,16,17). The molecule has 0 aromatic carbocycles. The number of aliphatic imine (C=N–C) groups is 1. The van der Waals surface area contributed by atoms with E-state index in [1.165, 1.54) is 0 Å². The molecule has 0 aromatic heterocycles. The van der Waals surface area contributed by atoms with Crippen LogP contribution >= 0.6 is 11.8 Å². The lowest BCUT2D eigenvalue weighted by atomic mass is 10.3. The van der Waals surface area contributed by atoms with Crippen LogP contribution < -0.4 is 5.32 Å². The molecule has 0 bridgehead atoms. The number of sulfone groups is 1. The van der Waals surface area contributed by atoms with Crippen LogP contribution in [0.15, 0.2) is 4.99 Å². The van der Waals surface area contributed by atoms with Crippen molar-refractivity contribution in [2.75, 3.05) is 37.7 Å². The predicted molar refractivity (Wildman–Crippen MR) is 97.6 cm³/mol. The van der Waals surface area contributed by atoms with Gasteiger partial charge in [0.25, 0.3) is 0 Å². The highest BCUT2D eigenvalue weighted by molar-refractivity contribution is 8.00. The van der Waals surface area contributed by atoms with Gasteiger partial charge in [0.05, 0.1) is 17.0 Å². The minimum Gasteiger partial charge on any atom is -0.357 e. The highest BCUT2D eigenvalue weighted by Crippen LogP contribution is 2.21. The van der Waals surface area contributed by atoms with E-state index in [1.54, 1.807) is 20.8 Å². The van der Waals surface area contributed by atoms with Gasteiger partial charge < -0.3 is 10.2 Å². The minimum atomic E-state index is -3.11. The number of thioether (sulfide) groups is 1. The van der Waals surface area contributed by atoms with Crippen LogP contribution in [0.25, 0.3) is 0 Å². The summed E-state index contributed by atoms with van der Waals surface area (Å²) >= 11 is 2.01. The first-order valence-electron chi connectivity index (χ1n) is 8.08. The highest BCUT2D eigenvalue weighted by atomic mass is 32.2. The van der Waals surface area contributed by atoms with E-state index in [0.717, 1.165) is 37.8 Å². The van der Waals surface area contributed by atoms with E-state index in [0.29, 0.717) is 11.8 Å². The molecule has 1 N–H and O–H groups in total. The second-order valence-electron chi connectivity index (χ2n) is 6.51. The summed E-state index contributed by atoms with van der Waals surface area (Å²) in [6.07, 6.45) is 1.15. The third-order valence-electron chi connectivity index (χ3n) is 3.78. The van der Waals surface area contributed by atoms with Gasteiger partial charge in [-0.2, -0.15) is 11.8 Å². The summed E-state index contributed by atoms with van der Waals surface area (Å²) < 4.78 is 23.6. The SMILES string of the molecule is CCNC(=NCCS(=O)(=O)C(C)(C)C)N1CCSC(CC)C1. The minimum absolute atomic E-state index is 0.102. The van der Waals surface area contributed by atoms with E-state index in [1.807, 2.05) is 18.7 Å². The predicted octanol–water partition coefficient (Wildman–Crippen LogP) is 1.99. The first-order chi connectivity index (χ1) is 10.2. The average molecular weight is 350 g/mol. The monoisotopic (exact) mass is 349 g/mol. The summed E-state index contributed by atoms with van der Waals surface area (Å²) in [4.78, 5) is 6.81. The molecular formula is C15H31N3O2S2. The Balaban J connectivity index is 2.70. The van der Waals surface area contributed by atoms with Crippen LogP contribution in [-0.4, -0.2) is 67.0 Å². The zero-order valence-corrected chi connectivity index (χ0v) is 16.2. The molecule has 22 heavy (non-hydrogen) atoms. The quantitative estimate of drug-likeness (QED) is 0.607. The van der Waals surface area contributed by atoms with Crippen LogP contribution in [0.3, 0.4) is 0 Å². The van der Waals surface area contributed by atoms with Gasteiger partial charge in [0.15, 0.2) is 15.8 Å². The zero-order valence-electron chi connectivity index (χ0n) is 14.6. The summed E-state index contributed by atoms with van der Waals surface area (Å²) in [5.41, 5.74) is 0. The molecule has 1 fully saturated rings. The summed E-state index contributed by atoms with van der Waals surface area (Å²) in [6, 6.07) is 0. The number of guanidine groups is 1. The molecule has 0 amide bonds. The maximum absolute atomic E-state index is 12.2. The third-order valence-corrected chi connectivity index (χ3v) is 7.74. The largest absolute Gasteiger partial charge is 0.357 e. The van der Waals surface area contributed by atoms with Crippen LogP contribution in [0.4, 0.5) is 0 Å². The van der Waals surface area contributed by atoms with Gasteiger partial charge in [-0.1, -0.05) is 6.92 Å². The fourth-order valence-electron chi connectivity index (χ4n) is 2.16. The molecule has 0 aromatic rings. The Kier molecular flexibility index (Phi) is 7.52. The van der Waals surface area contributed by atoms with Crippen molar-refractivity contribution in [1.29, 1.82) is 0 Å². The number of hydrogen-bond donors (Lipinski definition) is 1. The smallest absolute Gasteiger partial charge is 0.194 e. The second kappa shape index (κ2) is 8.43. The van der Waals surface area contributed by atoms with Gasteiger partial charge >= 0.3 is 0 Å². The van der Waals surface area contributed by atoms with Crippen molar-refractivity contribution in [1.82, 2.24) is 10.2 Å². The molecule has 0 saturated carbocycles. The molecule has 130 valence electrons. The number of nitrogens with zero attached hydrogens (tertiary/aromatic N) is 2. The average Bonchev–Trinajstić information content (AvgIpc) is 2.45. The summed E-state index contributed by atoms with van der Waals surface area (Å²) in [5, 5.41) is 3.93.